The maximum Gasteiger partial charge on any atom is 0.252 e. The van der Waals surface area contributed by atoms with Crippen molar-refractivity contribution in [2.24, 2.45) is 0 Å². The first-order valence-electron chi connectivity index (χ1n) is 9.96. The fraction of sp³-hybridized carbons (Fsp3) is 0.476. The smallest absolute Gasteiger partial charge is 0.252 e. The van der Waals surface area contributed by atoms with Crippen LogP contribution in [0.3, 0.4) is 0 Å². The highest BCUT2D eigenvalue weighted by molar-refractivity contribution is 5.98. The number of nitrogens with one attached hydrogen (secondary N) is 2. The summed E-state index contributed by atoms with van der Waals surface area (Å²) in [5, 5.41) is 15.7. The first-order chi connectivity index (χ1) is 14.0. The number of amides is 3. The summed E-state index contributed by atoms with van der Waals surface area (Å²) in [6, 6.07) is 8.36. The summed E-state index contributed by atoms with van der Waals surface area (Å²) in [4.78, 5) is 38.6. The lowest BCUT2D eigenvalue weighted by Crippen LogP contribution is -2.48. The van der Waals surface area contributed by atoms with E-state index in [9.17, 15) is 19.5 Å². The monoisotopic (exact) mass is 401 g/mol. The van der Waals surface area contributed by atoms with E-state index < -0.39 is 24.0 Å². The van der Waals surface area contributed by atoms with Crippen molar-refractivity contribution >= 4 is 23.4 Å². The molecule has 29 heavy (non-hydrogen) atoms. The van der Waals surface area contributed by atoms with Gasteiger partial charge in [-0.1, -0.05) is 18.2 Å². The van der Waals surface area contributed by atoms with Crippen LogP contribution in [0.1, 0.15) is 32.1 Å². The molecule has 1 unspecified atom stereocenters. The standard InChI is InChI=1S/C21H27N3O5/c25-18(14-19(26)22-11-10-16-8-5-13-29-16)21(28)24-12-4-9-17(24)20(27)23-15-6-2-1-3-7-15/h1-3,5-7,13,16-18,25H,4,8-12,14H2,(H,22,26)(H,23,27)/t16?,17-,18+/m0/s1. The number of anilines is 1. The maximum absolute atomic E-state index is 12.6. The average molecular weight is 401 g/mol. The highest BCUT2D eigenvalue weighted by Gasteiger charge is 2.37. The fourth-order valence-electron chi connectivity index (χ4n) is 3.56. The molecule has 3 N–H and O–H groups in total. The summed E-state index contributed by atoms with van der Waals surface area (Å²) in [5.41, 5.74) is 0.651. The third-order valence-electron chi connectivity index (χ3n) is 5.10. The van der Waals surface area contributed by atoms with Gasteiger partial charge in [0.25, 0.3) is 5.91 Å². The number of benzene rings is 1. The Morgan fingerprint density at radius 3 is 2.76 bits per heavy atom. The number of aliphatic hydroxyl groups excluding tert-OH is 1. The van der Waals surface area contributed by atoms with E-state index in [-0.39, 0.29) is 18.4 Å². The molecular formula is C21H27N3O5. The van der Waals surface area contributed by atoms with E-state index in [0.29, 0.717) is 38.0 Å². The topological polar surface area (TPSA) is 108 Å². The summed E-state index contributed by atoms with van der Waals surface area (Å²) in [6.45, 7) is 0.800. The van der Waals surface area contributed by atoms with Crippen LogP contribution in [0, 0.1) is 0 Å². The number of ether oxygens (including phenoxy) is 1. The Kier molecular flexibility index (Phi) is 7.24. The van der Waals surface area contributed by atoms with Crippen LogP contribution in [0.15, 0.2) is 42.7 Å². The van der Waals surface area contributed by atoms with Crippen LogP contribution in [0.5, 0.6) is 0 Å². The summed E-state index contributed by atoms with van der Waals surface area (Å²) in [5.74, 6) is -1.28. The molecule has 8 heteroatoms. The van der Waals surface area contributed by atoms with Gasteiger partial charge in [0.2, 0.25) is 11.8 Å². The number of hydrogen-bond donors (Lipinski definition) is 3. The zero-order chi connectivity index (χ0) is 20.6. The second-order valence-electron chi connectivity index (χ2n) is 7.27. The van der Waals surface area contributed by atoms with Crippen molar-refractivity contribution in [2.45, 2.75) is 50.4 Å². The van der Waals surface area contributed by atoms with Gasteiger partial charge in [-0.15, -0.1) is 0 Å². The number of aliphatic hydroxyl groups is 1. The van der Waals surface area contributed by atoms with Gasteiger partial charge in [0, 0.05) is 31.6 Å². The van der Waals surface area contributed by atoms with E-state index in [1.807, 2.05) is 24.3 Å². The van der Waals surface area contributed by atoms with Gasteiger partial charge in [-0.05, 0) is 31.1 Å². The fourth-order valence-corrected chi connectivity index (χ4v) is 3.56. The van der Waals surface area contributed by atoms with Crippen molar-refractivity contribution in [1.29, 1.82) is 0 Å². The van der Waals surface area contributed by atoms with Crippen LogP contribution in [0.2, 0.25) is 0 Å². The largest absolute Gasteiger partial charge is 0.498 e. The van der Waals surface area contributed by atoms with Crippen LogP contribution >= 0.6 is 0 Å². The summed E-state index contributed by atoms with van der Waals surface area (Å²) < 4.78 is 5.32. The molecule has 0 spiro atoms. The Bertz CT molecular complexity index is 744. The molecule has 8 nitrogen and oxygen atoms in total. The normalized spacial score (nSPS) is 21.5. The predicted molar refractivity (Wildman–Crippen MR) is 107 cm³/mol. The average Bonchev–Trinajstić information content (AvgIpc) is 3.40. The molecule has 1 fully saturated rings. The number of para-hydroxylation sites is 1. The Balaban J connectivity index is 1.45. The molecule has 2 aliphatic rings. The molecule has 156 valence electrons. The van der Waals surface area contributed by atoms with E-state index in [0.717, 1.165) is 6.42 Å². The SMILES string of the molecule is O=C(C[C@@H](O)C(=O)N1CCC[C@H]1C(=O)Nc1ccccc1)NCCC1CC=CO1. The van der Waals surface area contributed by atoms with Crippen molar-refractivity contribution in [3.8, 4) is 0 Å². The lowest BCUT2D eigenvalue weighted by Gasteiger charge is -2.26. The van der Waals surface area contributed by atoms with Crippen LogP contribution in [-0.4, -0.2) is 59.1 Å². The molecule has 3 atom stereocenters. The highest BCUT2D eigenvalue weighted by Crippen LogP contribution is 2.21. The Morgan fingerprint density at radius 2 is 2.03 bits per heavy atom. The summed E-state index contributed by atoms with van der Waals surface area (Å²) >= 11 is 0. The zero-order valence-electron chi connectivity index (χ0n) is 16.3. The Morgan fingerprint density at radius 1 is 1.24 bits per heavy atom. The zero-order valence-corrected chi connectivity index (χ0v) is 16.3. The number of nitrogens with zero attached hydrogens (tertiary/aromatic N) is 1. The highest BCUT2D eigenvalue weighted by atomic mass is 16.5. The van der Waals surface area contributed by atoms with E-state index in [4.69, 9.17) is 4.74 Å². The van der Waals surface area contributed by atoms with E-state index in [1.54, 1.807) is 18.4 Å². The van der Waals surface area contributed by atoms with Gasteiger partial charge in [0.1, 0.15) is 18.2 Å². The van der Waals surface area contributed by atoms with Crippen molar-refractivity contribution in [2.75, 3.05) is 18.4 Å². The van der Waals surface area contributed by atoms with Gasteiger partial charge in [0.05, 0.1) is 12.7 Å². The number of carbonyl (C=O) groups excluding carboxylic acids is 3. The van der Waals surface area contributed by atoms with Crippen molar-refractivity contribution in [1.82, 2.24) is 10.2 Å². The van der Waals surface area contributed by atoms with Crippen LogP contribution in [0.4, 0.5) is 5.69 Å². The van der Waals surface area contributed by atoms with E-state index in [1.165, 1.54) is 4.90 Å². The molecule has 3 amide bonds. The van der Waals surface area contributed by atoms with Crippen LogP contribution in [0.25, 0.3) is 0 Å². The van der Waals surface area contributed by atoms with Crippen molar-refractivity contribution in [3.05, 3.63) is 42.7 Å². The minimum absolute atomic E-state index is 0.0651. The molecule has 0 aliphatic carbocycles. The van der Waals surface area contributed by atoms with E-state index in [2.05, 4.69) is 10.6 Å². The minimum Gasteiger partial charge on any atom is -0.498 e. The predicted octanol–water partition coefficient (Wildman–Crippen LogP) is 1.18. The van der Waals surface area contributed by atoms with E-state index >= 15 is 0 Å². The van der Waals surface area contributed by atoms with Gasteiger partial charge in [-0.3, -0.25) is 14.4 Å². The molecule has 2 heterocycles. The number of carbonyl (C=O) groups is 3. The molecule has 0 saturated carbocycles. The summed E-state index contributed by atoms with van der Waals surface area (Å²) in [7, 11) is 0. The molecule has 0 aromatic heterocycles. The van der Waals surface area contributed by atoms with Crippen molar-refractivity contribution in [3.63, 3.8) is 0 Å². The quantitative estimate of drug-likeness (QED) is 0.606. The lowest BCUT2D eigenvalue weighted by atomic mass is 10.1. The summed E-state index contributed by atoms with van der Waals surface area (Å²) in [6.07, 6.45) is 4.53. The van der Waals surface area contributed by atoms with Gasteiger partial charge in [-0.25, -0.2) is 0 Å². The third-order valence-corrected chi connectivity index (χ3v) is 5.10. The molecule has 0 bridgehead atoms. The number of rotatable bonds is 8. The van der Waals surface area contributed by atoms with Gasteiger partial charge < -0.3 is 25.4 Å². The Hall–Kier alpha value is -2.87. The molecule has 1 aromatic rings. The van der Waals surface area contributed by atoms with Gasteiger partial charge in [-0.2, -0.15) is 0 Å². The second-order valence-corrected chi connectivity index (χ2v) is 7.27. The molecular weight excluding hydrogens is 374 g/mol. The molecule has 3 rings (SSSR count). The third kappa shape index (κ3) is 5.80. The Labute approximate surface area is 169 Å². The first-order valence-corrected chi connectivity index (χ1v) is 9.96. The number of likely N-dealkylation sites (tertiary alicyclic amines) is 1. The van der Waals surface area contributed by atoms with Crippen molar-refractivity contribution < 1.29 is 24.2 Å². The van der Waals surface area contributed by atoms with Gasteiger partial charge >= 0.3 is 0 Å². The first kappa shape index (κ1) is 20.9. The van der Waals surface area contributed by atoms with Gasteiger partial charge in [0.15, 0.2) is 0 Å². The molecule has 1 saturated heterocycles. The number of hydrogen-bond acceptors (Lipinski definition) is 5. The molecule has 2 aliphatic heterocycles. The maximum atomic E-state index is 12.6. The van der Waals surface area contributed by atoms with Crippen LogP contribution < -0.4 is 10.6 Å². The lowest BCUT2D eigenvalue weighted by molar-refractivity contribution is -0.146. The molecule has 0 radical (unpaired) electrons. The minimum atomic E-state index is -1.47. The second kappa shape index (κ2) is 10.1. The van der Waals surface area contributed by atoms with Crippen LogP contribution in [-0.2, 0) is 19.1 Å². The molecule has 1 aromatic carbocycles.